The zero-order valence-electron chi connectivity index (χ0n) is 19.2. The van der Waals surface area contributed by atoms with Crippen LogP contribution in [0.25, 0.3) is 0 Å². The third-order valence-corrected chi connectivity index (χ3v) is 6.71. The highest BCUT2D eigenvalue weighted by atomic mass is 32.1. The maximum absolute atomic E-state index is 13.3. The number of nitrogens with zero attached hydrogens (tertiary/aromatic N) is 2. The van der Waals surface area contributed by atoms with Crippen LogP contribution in [0.15, 0.2) is 58.4 Å². The Labute approximate surface area is 200 Å². The van der Waals surface area contributed by atoms with Gasteiger partial charge in [0.2, 0.25) is 5.78 Å². The minimum absolute atomic E-state index is 0.00234. The number of rotatable bonds is 7. The summed E-state index contributed by atoms with van der Waals surface area (Å²) in [6.07, 6.45) is 1.35. The Morgan fingerprint density at radius 1 is 1.24 bits per heavy atom. The molecular formula is C25H24N2O6S. The van der Waals surface area contributed by atoms with Crippen LogP contribution in [0.5, 0.6) is 0 Å². The van der Waals surface area contributed by atoms with Crippen LogP contribution < -0.4 is 4.90 Å². The van der Waals surface area contributed by atoms with Crippen molar-refractivity contribution in [3.05, 3.63) is 81.5 Å². The molecule has 1 N–H and O–H groups in total. The van der Waals surface area contributed by atoms with Gasteiger partial charge in [0.25, 0.3) is 5.91 Å². The van der Waals surface area contributed by atoms with Crippen LogP contribution in [-0.4, -0.2) is 34.4 Å². The summed E-state index contributed by atoms with van der Waals surface area (Å²) in [7, 11) is 0. The molecule has 1 amide bonds. The van der Waals surface area contributed by atoms with E-state index < -0.39 is 29.5 Å². The minimum Gasteiger partial charge on any atom is -0.503 e. The number of aromatic nitrogens is 1. The van der Waals surface area contributed by atoms with Gasteiger partial charge in [-0.1, -0.05) is 49.4 Å². The highest BCUT2D eigenvalue weighted by Gasteiger charge is 2.46. The van der Waals surface area contributed by atoms with Gasteiger partial charge in [-0.3, -0.25) is 14.5 Å². The fourth-order valence-electron chi connectivity index (χ4n) is 3.82. The molecule has 1 aliphatic rings. The highest BCUT2D eigenvalue weighted by molar-refractivity contribution is 7.17. The molecular weight excluding hydrogens is 456 g/mol. The SMILES string of the molecule is CCOC(=O)c1sc(N2C(=O)C(O)=C(C(=O)c3ccco3)C2c2ccc(C(C)C)cc2)nc1C. The van der Waals surface area contributed by atoms with Gasteiger partial charge in [-0.15, -0.1) is 0 Å². The van der Waals surface area contributed by atoms with Crippen LogP contribution in [0.3, 0.4) is 0 Å². The van der Waals surface area contributed by atoms with E-state index in [1.165, 1.54) is 17.2 Å². The average Bonchev–Trinajstić information content (AvgIpc) is 3.53. The molecule has 34 heavy (non-hydrogen) atoms. The molecule has 0 fully saturated rings. The Bertz CT molecular complexity index is 1270. The molecule has 0 bridgehead atoms. The van der Waals surface area contributed by atoms with Crippen molar-refractivity contribution < 1.29 is 28.6 Å². The van der Waals surface area contributed by atoms with E-state index in [0.717, 1.165) is 16.9 Å². The number of aliphatic hydroxyl groups excluding tert-OH is 1. The van der Waals surface area contributed by atoms with E-state index >= 15 is 0 Å². The molecule has 1 aliphatic heterocycles. The number of hydrogen-bond donors (Lipinski definition) is 1. The highest BCUT2D eigenvalue weighted by Crippen LogP contribution is 2.44. The Balaban J connectivity index is 1.84. The first-order chi connectivity index (χ1) is 16.2. The van der Waals surface area contributed by atoms with Crippen LogP contribution in [-0.2, 0) is 9.53 Å². The summed E-state index contributed by atoms with van der Waals surface area (Å²) in [5.41, 5.74) is 1.98. The maximum atomic E-state index is 13.3. The zero-order chi connectivity index (χ0) is 24.6. The molecule has 3 aromatic rings. The topological polar surface area (TPSA) is 110 Å². The first kappa shape index (κ1) is 23.4. The Morgan fingerprint density at radius 3 is 2.53 bits per heavy atom. The Morgan fingerprint density at radius 2 is 1.94 bits per heavy atom. The van der Waals surface area contributed by atoms with E-state index in [1.807, 2.05) is 24.3 Å². The number of carbonyl (C=O) groups is 3. The number of aliphatic hydroxyl groups is 1. The van der Waals surface area contributed by atoms with Crippen molar-refractivity contribution in [1.82, 2.24) is 4.98 Å². The molecule has 0 saturated heterocycles. The molecule has 1 unspecified atom stereocenters. The number of aryl methyl sites for hydroxylation is 1. The predicted molar refractivity (Wildman–Crippen MR) is 126 cm³/mol. The quantitative estimate of drug-likeness (QED) is 0.369. The molecule has 1 aromatic carbocycles. The smallest absolute Gasteiger partial charge is 0.350 e. The van der Waals surface area contributed by atoms with Crippen LogP contribution in [0, 0.1) is 6.92 Å². The number of anilines is 1. The molecule has 1 atom stereocenters. The summed E-state index contributed by atoms with van der Waals surface area (Å²) < 4.78 is 10.3. The first-order valence-electron chi connectivity index (χ1n) is 10.8. The van der Waals surface area contributed by atoms with Gasteiger partial charge < -0.3 is 14.3 Å². The van der Waals surface area contributed by atoms with Crippen molar-refractivity contribution >= 4 is 34.1 Å². The van der Waals surface area contributed by atoms with Crippen LogP contribution >= 0.6 is 11.3 Å². The Kier molecular flexibility index (Phi) is 6.39. The van der Waals surface area contributed by atoms with Crippen molar-refractivity contribution in [3.63, 3.8) is 0 Å². The van der Waals surface area contributed by atoms with Crippen molar-refractivity contribution in [2.45, 2.75) is 39.7 Å². The molecule has 0 aliphatic carbocycles. The molecule has 3 heterocycles. The lowest BCUT2D eigenvalue weighted by atomic mass is 9.93. The fourth-order valence-corrected chi connectivity index (χ4v) is 4.81. The first-order valence-corrected chi connectivity index (χ1v) is 11.7. The summed E-state index contributed by atoms with van der Waals surface area (Å²) in [6.45, 7) is 7.66. The molecule has 2 aromatic heterocycles. The number of ether oxygens (including phenoxy) is 1. The van der Waals surface area contributed by atoms with Gasteiger partial charge in [-0.05, 0) is 43.0 Å². The average molecular weight is 481 g/mol. The lowest BCUT2D eigenvalue weighted by Crippen LogP contribution is -2.31. The second-order valence-electron chi connectivity index (χ2n) is 8.10. The van der Waals surface area contributed by atoms with Gasteiger partial charge in [-0.2, -0.15) is 0 Å². The number of benzene rings is 1. The van der Waals surface area contributed by atoms with Crippen molar-refractivity contribution in [2.24, 2.45) is 0 Å². The van der Waals surface area contributed by atoms with Crippen LogP contribution in [0.4, 0.5) is 5.13 Å². The number of furan rings is 1. The summed E-state index contributed by atoms with van der Waals surface area (Å²) >= 11 is 0.975. The third kappa shape index (κ3) is 4.03. The molecule has 0 radical (unpaired) electrons. The van der Waals surface area contributed by atoms with Crippen molar-refractivity contribution in [3.8, 4) is 0 Å². The van der Waals surface area contributed by atoms with Gasteiger partial charge in [-0.25, -0.2) is 9.78 Å². The zero-order valence-corrected chi connectivity index (χ0v) is 20.0. The number of thiazole rings is 1. The lowest BCUT2D eigenvalue weighted by molar-refractivity contribution is -0.117. The molecule has 8 nitrogen and oxygen atoms in total. The molecule has 4 rings (SSSR count). The summed E-state index contributed by atoms with van der Waals surface area (Å²) in [5.74, 6) is -2.31. The van der Waals surface area contributed by atoms with Gasteiger partial charge in [0.05, 0.1) is 30.2 Å². The van der Waals surface area contributed by atoms with E-state index in [4.69, 9.17) is 9.15 Å². The van der Waals surface area contributed by atoms with Crippen molar-refractivity contribution in [2.75, 3.05) is 11.5 Å². The van der Waals surface area contributed by atoms with Crippen LogP contribution in [0.2, 0.25) is 0 Å². The van der Waals surface area contributed by atoms with E-state index in [1.54, 1.807) is 19.9 Å². The van der Waals surface area contributed by atoms with Crippen molar-refractivity contribution in [1.29, 1.82) is 0 Å². The monoisotopic (exact) mass is 480 g/mol. The lowest BCUT2D eigenvalue weighted by Gasteiger charge is -2.24. The van der Waals surface area contributed by atoms with E-state index in [0.29, 0.717) is 11.3 Å². The standard InChI is InChI=1S/C25H24N2O6S/c1-5-32-24(31)22-14(4)26-25(34-22)27-19(16-10-8-15(9-11-16)13(2)3)18(21(29)23(27)30)20(28)17-7-6-12-33-17/h6-13,19,29H,5H2,1-4H3. The van der Waals surface area contributed by atoms with E-state index in [9.17, 15) is 19.5 Å². The number of hydrogen-bond acceptors (Lipinski definition) is 8. The van der Waals surface area contributed by atoms with Gasteiger partial charge >= 0.3 is 5.97 Å². The van der Waals surface area contributed by atoms with Gasteiger partial charge in [0, 0.05) is 0 Å². The van der Waals surface area contributed by atoms with E-state index in [2.05, 4.69) is 18.8 Å². The van der Waals surface area contributed by atoms with Gasteiger partial charge in [0.15, 0.2) is 16.7 Å². The molecule has 176 valence electrons. The largest absolute Gasteiger partial charge is 0.503 e. The second-order valence-corrected chi connectivity index (χ2v) is 9.08. The number of carbonyl (C=O) groups excluding carboxylic acids is 3. The Hall–Kier alpha value is -3.72. The molecule has 0 spiro atoms. The summed E-state index contributed by atoms with van der Waals surface area (Å²) in [6, 6.07) is 9.56. The fraction of sp³-hybridized carbons (Fsp3) is 0.280. The van der Waals surface area contributed by atoms with E-state index in [-0.39, 0.29) is 33.9 Å². The normalized spacial score (nSPS) is 16.0. The minimum atomic E-state index is -0.952. The number of esters is 1. The summed E-state index contributed by atoms with van der Waals surface area (Å²) in [5, 5.41) is 11.0. The molecule has 0 saturated carbocycles. The second kappa shape index (κ2) is 9.26. The molecule has 9 heteroatoms. The van der Waals surface area contributed by atoms with Gasteiger partial charge in [0.1, 0.15) is 4.88 Å². The number of amides is 1. The maximum Gasteiger partial charge on any atom is 0.350 e. The number of Topliss-reactive ketones (excluding diaryl/α,β-unsaturated/α-hetero) is 1. The predicted octanol–water partition coefficient (Wildman–Crippen LogP) is 5.13. The summed E-state index contributed by atoms with van der Waals surface area (Å²) in [4.78, 5) is 44.8. The number of ketones is 1. The van der Waals surface area contributed by atoms with Crippen LogP contribution in [0.1, 0.15) is 69.8 Å². The third-order valence-electron chi connectivity index (χ3n) is 5.57.